The fourth-order valence-electron chi connectivity index (χ4n) is 1.94. The van der Waals surface area contributed by atoms with Gasteiger partial charge in [-0.2, -0.15) is 0 Å². The van der Waals surface area contributed by atoms with Crippen molar-refractivity contribution in [3.05, 3.63) is 38.0 Å². The van der Waals surface area contributed by atoms with E-state index in [1.54, 1.807) is 6.92 Å². The Morgan fingerprint density at radius 2 is 1.17 bits per heavy atom. The van der Waals surface area contributed by atoms with Gasteiger partial charge in [-0.15, -0.1) is 0 Å². The van der Waals surface area contributed by atoms with E-state index in [1.165, 1.54) is 0 Å². The molecule has 2 aliphatic rings. The van der Waals surface area contributed by atoms with Gasteiger partial charge < -0.3 is 28.4 Å². The molecule has 9 nitrogen and oxygen atoms in total. The molecule has 2 unspecified atom stereocenters. The third kappa shape index (κ3) is 11.5. The molecule has 2 heterocycles. The summed E-state index contributed by atoms with van der Waals surface area (Å²) in [6.45, 7) is 14.7. The first-order chi connectivity index (χ1) is 14.4. The van der Waals surface area contributed by atoms with Gasteiger partial charge in [0.2, 0.25) is 0 Å². The van der Waals surface area contributed by atoms with Crippen LogP contribution < -0.4 is 0 Å². The molecule has 0 aromatic carbocycles. The smallest absolute Gasteiger partial charge is 0.330 e. The SMILES string of the molecule is C(OCC1CO1)C1CO1.C=CC(=O)OCC(CC)(COC(=O)C=C)COC(=O)C=C. The number of hydrogen-bond donors (Lipinski definition) is 0. The molecule has 30 heavy (non-hydrogen) atoms. The summed E-state index contributed by atoms with van der Waals surface area (Å²) in [7, 11) is 0. The lowest BCUT2D eigenvalue weighted by atomic mass is 9.88. The van der Waals surface area contributed by atoms with Crippen LogP contribution in [0.2, 0.25) is 0 Å². The van der Waals surface area contributed by atoms with Gasteiger partial charge in [0.15, 0.2) is 0 Å². The Bertz CT molecular complexity index is 534. The van der Waals surface area contributed by atoms with Gasteiger partial charge in [0.05, 0.1) is 31.8 Å². The molecule has 2 rings (SSSR count). The van der Waals surface area contributed by atoms with Gasteiger partial charge in [-0.1, -0.05) is 26.7 Å². The maximum absolute atomic E-state index is 11.2. The predicted octanol–water partition coefficient (Wildman–Crippen LogP) is 1.37. The van der Waals surface area contributed by atoms with Crippen molar-refractivity contribution in [2.45, 2.75) is 25.6 Å². The van der Waals surface area contributed by atoms with E-state index in [-0.39, 0.29) is 19.8 Å². The topological polar surface area (TPSA) is 113 Å². The Balaban J connectivity index is 0.000000405. The second-order valence-electron chi connectivity index (χ2n) is 6.74. The van der Waals surface area contributed by atoms with Crippen LogP contribution >= 0.6 is 0 Å². The first-order valence-electron chi connectivity index (χ1n) is 9.56. The van der Waals surface area contributed by atoms with Gasteiger partial charge in [0, 0.05) is 18.2 Å². The van der Waals surface area contributed by atoms with E-state index in [0.717, 1.165) is 44.7 Å². The molecule has 2 fully saturated rings. The molecule has 0 radical (unpaired) electrons. The zero-order valence-corrected chi connectivity index (χ0v) is 17.3. The highest BCUT2D eigenvalue weighted by Crippen LogP contribution is 2.24. The van der Waals surface area contributed by atoms with E-state index in [9.17, 15) is 14.4 Å². The predicted molar refractivity (Wildman–Crippen MR) is 106 cm³/mol. The summed E-state index contributed by atoms with van der Waals surface area (Å²) in [5.41, 5.74) is -0.837. The number of hydrogen-bond acceptors (Lipinski definition) is 9. The van der Waals surface area contributed by atoms with Gasteiger partial charge in [0.1, 0.15) is 32.0 Å². The van der Waals surface area contributed by atoms with Gasteiger partial charge in [-0.25, -0.2) is 14.4 Å². The Hall–Kier alpha value is -2.49. The van der Waals surface area contributed by atoms with Gasteiger partial charge in [0.25, 0.3) is 0 Å². The van der Waals surface area contributed by atoms with Crippen LogP contribution in [0.4, 0.5) is 0 Å². The van der Waals surface area contributed by atoms with Crippen molar-refractivity contribution in [1.29, 1.82) is 0 Å². The van der Waals surface area contributed by atoms with Crippen molar-refractivity contribution < 1.29 is 42.8 Å². The standard InChI is InChI=1S/C15H20O6.C6H10O3/c1-5-12(16)19-9-15(8-4,10-20-13(17)6-2)11-21-14(18)7-3;1(5-3-8-5)7-2-6-4-9-6/h5-7H,1-3,8-11H2,4H3;5-6H,1-4H2. The minimum atomic E-state index is -0.837. The number of esters is 3. The molecule has 2 aliphatic heterocycles. The molecule has 0 saturated carbocycles. The van der Waals surface area contributed by atoms with Crippen molar-refractivity contribution in [2.75, 3.05) is 46.2 Å². The Labute approximate surface area is 176 Å². The Kier molecular flexibility index (Phi) is 11.7. The zero-order chi connectivity index (χ0) is 22.4. The maximum Gasteiger partial charge on any atom is 0.330 e. The van der Waals surface area contributed by atoms with Crippen LogP contribution in [-0.2, 0) is 42.8 Å². The summed E-state index contributed by atoms with van der Waals surface area (Å²) in [6.07, 6.45) is 4.29. The fourth-order valence-corrected chi connectivity index (χ4v) is 1.94. The average molecular weight is 426 g/mol. The quantitative estimate of drug-likeness (QED) is 0.176. The second-order valence-corrected chi connectivity index (χ2v) is 6.74. The molecule has 2 saturated heterocycles. The monoisotopic (exact) mass is 426 g/mol. The van der Waals surface area contributed by atoms with Crippen molar-refractivity contribution in [3.8, 4) is 0 Å². The van der Waals surface area contributed by atoms with E-state index in [2.05, 4.69) is 19.7 Å². The summed E-state index contributed by atoms with van der Waals surface area (Å²) in [5.74, 6) is -1.84. The summed E-state index contributed by atoms with van der Waals surface area (Å²) < 4.78 is 30.1. The summed E-state index contributed by atoms with van der Waals surface area (Å²) in [6, 6.07) is 0. The van der Waals surface area contributed by atoms with Crippen molar-refractivity contribution in [2.24, 2.45) is 5.41 Å². The highest BCUT2D eigenvalue weighted by atomic mass is 16.6. The lowest BCUT2D eigenvalue weighted by Crippen LogP contribution is -2.38. The third-order valence-corrected chi connectivity index (χ3v) is 4.22. The molecule has 0 amide bonds. The maximum atomic E-state index is 11.2. The summed E-state index contributed by atoms with van der Waals surface area (Å²) in [5, 5.41) is 0. The number of carbonyl (C=O) groups excluding carboxylic acids is 3. The average Bonchev–Trinajstić information content (AvgIpc) is 3.69. The van der Waals surface area contributed by atoms with Crippen molar-refractivity contribution in [3.63, 3.8) is 0 Å². The molecule has 0 spiro atoms. The minimum Gasteiger partial charge on any atom is -0.462 e. The molecule has 0 bridgehead atoms. The fraction of sp³-hybridized carbons (Fsp3) is 0.571. The van der Waals surface area contributed by atoms with E-state index >= 15 is 0 Å². The highest BCUT2D eigenvalue weighted by molar-refractivity contribution is 5.82. The highest BCUT2D eigenvalue weighted by Gasteiger charge is 2.33. The van der Waals surface area contributed by atoms with Gasteiger partial charge in [-0.3, -0.25) is 0 Å². The Morgan fingerprint density at radius 1 is 0.833 bits per heavy atom. The van der Waals surface area contributed by atoms with E-state index in [4.69, 9.17) is 28.4 Å². The normalized spacial score (nSPS) is 18.7. The number of rotatable bonds is 14. The van der Waals surface area contributed by atoms with Crippen molar-refractivity contribution in [1.82, 2.24) is 0 Å². The molecular weight excluding hydrogens is 396 g/mol. The molecule has 0 aromatic rings. The van der Waals surface area contributed by atoms with E-state index in [1.807, 2.05) is 0 Å². The number of ether oxygens (including phenoxy) is 6. The summed E-state index contributed by atoms with van der Waals surface area (Å²) in [4.78, 5) is 33.5. The van der Waals surface area contributed by atoms with Crippen LogP contribution in [-0.4, -0.2) is 76.4 Å². The van der Waals surface area contributed by atoms with Crippen LogP contribution in [0.5, 0.6) is 0 Å². The molecule has 0 aliphatic carbocycles. The van der Waals surface area contributed by atoms with Gasteiger partial charge in [-0.05, 0) is 6.42 Å². The molecule has 168 valence electrons. The van der Waals surface area contributed by atoms with E-state index < -0.39 is 23.3 Å². The van der Waals surface area contributed by atoms with Crippen LogP contribution in [0.25, 0.3) is 0 Å². The van der Waals surface area contributed by atoms with Crippen LogP contribution in [0.3, 0.4) is 0 Å². The summed E-state index contributed by atoms with van der Waals surface area (Å²) >= 11 is 0. The minimum absolute atomic E-state index is 0.0802. The lowest BCUT2D eigenvalue weighted by molar-refractivity contribution is -0.156. The molecule has 2 atom stereocenters. The first-order valence-corrected chi connectivity index (χ1v) is 9.56. The van der Waals surface area contributed by atoms with E-state index in [0.29, 0.717) is 18.6 Å². The third-order valence-electron chi connectivity index (χ3n) is 4.22. The molecule has 0 aromatic heterocycles. The van der Waals surface area contributed by atoms with Gasteiger partial charge >= 0.3 is 17.9 Å². The van der Waals surface area contributed by atoms with Crippen molar-refractivity contribution >= 4 is 17.9 Å². The lowest BCUT2D eigenvalue weighted by Gasteiger charge is -2.30. The Morgan fingerprint density at radius 3 is 1.40 bits per heavy atom. The molecule has 0 N–H and O–H groups in total. The second kappa shape index (κ2) is 13.7. The largest absolute Gasteiger partial charge is 0.462 e. The molecule has 9 heteroatoms. The van der Waals surface area contributed by atoms with Crippen LogP contribution in [0, 0.1) is 5.41 Å². The molecular formula is C21H30O9. The number of epoxide rings is 2. The van der Waals surface area contributed by atoms with Crippen LogP contribution in [0.15, 0.2) is 38.0 Å². The zero-order valence-electron chi connectivity index (χ0n) is 17.3. The first kappa shape index (κ1) is 25.5. The van der Waals surface area contributed by atoms with Crippen LogP contribution in [0.1, 0.15) is 13.3 Å². The number of carbonyl (C=O) groups is 3.